The largest absolute Gasteiger partial charge is 0.382 e. The Kier molecular flexibility index (Phi) is 2.82. The maximum absolute atomic E-state index is 5.92. The van der Waals surface area contributed by atoms with E-state index in [2.05, 4.69) is 57.7 Å². The fourth-order valence-corrected chi connectivity index (χ4v) is 3.21. The number of H-pyrrole nitrogens is 1. The summed E-state index contributed by atoms with van der Waals surface area (Å²) in [6, 6.07) is 14.6. The molecule has 4 heteroatoms. The number of aromatic nitrogens is 3. The van der Waals surface area contributed by atoms with Crippen molar-refractivity contribution in [2.24, 2.45) is 0 Å². The van der Waals surface area contributed by atoms with E-state index in [1.54, 1.807) is 6.20 Å². The van der Waals surface area contributed by atoms with Crippen LogP contribution in [0.25, 0.3) is 6.08 Å². The average molecular weight is 288 g/mol. The van der Waals surface area contributed by atoms with Crippen LogP contribution >= 0.6 is 0 Å². The monoisotopic (exact) mass is 288 g/mol. The van der Waals surface area contributed by atoms with Gasteiger partial charge >= 0.3 is 0 Å². The summed E-state index contributed by atoms with van der Waals surface area (Å²) in [6.45, 7) is 0. The third-order valence-corrected chi connectivity index (χ3v) is 4.37. The highest BCUT2D eigenvalue weighted by Gasteiger charge is 2.36. The number of nitrogens with two attached hydrogens (primary N) is 1. The molecule has 0 spiro atoms. The molecule has 0 radical (unpaired) electrons. The number of hydrogen-bond donors (Lipinski definition) is 2. The molecule has 1 atom stereocenters. The predicted molar refractivity (Wildman–Crippen MR) is 87.2 cm³/mol. The molecule has 3 N–H and O–H groups in total. The number of allylic oxidation sites excluding steroid dienone is 1. The molecule has 1 aromatic carbocycles. The second kappa shape index (κ2) is 4.84. The van der Waals surface area contributed by atoms with Crippen LogP contribution in [0, 0.1) is 0 Å². The number of aromatic amines is 1. The van der Waals surface area contributed by atoms with Crippen LogP contribution in [0.1, 0.15) is 22.4 Å². The molecule has 3 aromatic rings. The average Bonchev–Trinajstić information content (AvgIpc) is 2.96. The Labute approximate surface area is 128 Å². The van der Waals surface area contributed by atoms with Gasteiger partial charge in [-0.25, -0.2) is 0 Å². The Hall–Kier alpha value is -2.88. The van der Waals surface area contributed by atoms with Crippen LogP contribution in [-0.2, 0) is 11.8 Å². The van der Waals surface area contributed by atoms with Crippen molar-refractivity contribution in [1.82, 2.24) is 15.2 Å². The molecule has 0 aliphatic heterocycles. The van der Waals surface area contributed by atoms with Crippen LogP contribution in [0.2, 0.25) is 0 Å². The molecule has 4 nitrogen and oxygen atoms in total. The number of fused-ring (bicyclic) bond motifs is 1. The van der Waals surface area contributed by atoms with Gasteiger partial charge in [0.05, 0.1) is 0 Å². The lowest BCUT2D eigenvalue weighted by molar-refractivity contribution is 0.618. The number of pyridine rings is 1. The number of hydrogen-bond acceptors (Lipinski definition) is 3. The molecule has 1 unspecified atom stereocenters. The Morgan fingerprint density at radius 3 is 2.64 bits per heavy atom. The van der Waals surface area contributed by atoms with E-state index in [0.717, 1.165) is 23.2 Å². The number of rotatable bonds is 2. The van der Waals surface area contributed by atoms with Gasteiger partial charge in [0.15, 0.2) is 5.82 Å². The van der Waals surface area contributed by atoms with Gasteiger partial charge in [-0.15, -0.1) is 0 Å². The smallest absolute Gasteiger partial charge is 0.152 e. The summed E-state index contributed by atoms with van der Waals surface area (Å²) in [7, 11) is 0. The molecule has 0 saturated carbocycles. The van der Waals surface area contributed by atoms with Gasteiger partial charge in [-0.1, -0.05) is 48.6 Å². The van der Waals surface area contributed by atoms with Crippen LogP contribution in [0.4, 0.5) is 5.82 Å². The van der Waals surface area contributed by atoms with Gasteiger partial charge in [0, 0.05) is 35.5 Å². The van der Waals surface area contributed by atoms with Crippen molar-refractivity contribution in [3.8, 4) is 0 Å². The lowest BCUT2D eigenvalue weighted by atomic mass is 9.69. The Morgan fingerprint density at radius 2 is 1.86 bits per heavy atom. The number of nitrogens with zero attached hydrogens (tertiary/aromatic N) is 2. The number of nitrogen functional groups attached to an aromatic ring is 1. The SMILES string of the molecule is Nc1n[nH]c2c1C=CC(c1ccccc1)(c1cccnc1)C2. The van der Waals surface area contributed by atoms with Crippen molar-refractivity contribution in [3.63, 3.8) is 0 Å². The Morgan fingerprint density at radius 1 is 1.05 bits per heavy atom. The molecule has 1 aliphatic rings. The first kappa shape index (κ1) is 12.8. The summed E-state index contributed by atoms with van der Waals surface area (Å²) in [5, 5.41) is 7.21. The summed E-state index contributed by atoms with van der Waals surface area (Å²) in [6.07, 6.45) is 8.81. The van der Waals surface area contributed by atoms with Crippen molar-refractivity contribution in [2.75, 3.05) is 5.73 Å². The molecule has 0 saturated heterocycles. The Bertz CT molecular complexity index is 779. The molecule has 22 heavy (non-hydrogen) atoms. The van der Waals surface area contributed by atoms with Gasteiger partial charge in [0.25, 0.3) is 0 Å². The molecule has 108 valence electrons. The number of nitrogens with one attached hydrogen (secondary N) is 1. The summed E-state index contributed by atoms with van der Waals surface area (Å²) in [5.74, 6) is 0.555. The highest BCUT2D eigenvalue weighted by molar-refractivity contribution is 5.69. The first-order valence-electron chi connectivity index (χ1n) is 7.27. The van der Waals surface area contributed by atoms with Crippen molar-refractivity contribution >= 4 is 11.9 Å². The van der Waals surface area contributed by atoms with E-state index in [1.165, 1.54) is 5.56 Å². The maximum Gasteiger partial charge on any atom is 0.152 e. The lowest BCUT2D eigenvalue weighted by Gasteiger charge is -2.34. The number of anilines is 1. The highest BCUT2D eigenvalue weighted by atomic mass is 15.2. The van der Waals surface area contributed by atoms with E-state index in [1.807, 2.05) is 18.3 Å². The van der Waals surface area contributed by atoms with Crippen molar-refractivity contribution in [3.05, 3.63) is 83.3 Å². The normalized spacial score (nSPS) is 19.8. The van der Waals surface area contributed by atoms with E-state index >= 15 is 0 Å². The highest BCUT2D eigenvalue weighted by Crippen LogP contribution is 2.41. The van der Waals surface area contributed by atoms with Crippen LogP contribution in [-0.4, -0.2) is 15.2 Å². The minimum absolute atomic E-state index is 0.249. The minimum atomic E-state index is -0.249. The van der Waals surface area contributed by atoms with Crippen LogP contribution in [0.3, 0.4) is 0 Å². The molecule has 2 aromatic heterocycles. The second-order valence-electron chi connectivity index (χ2n) is 5.59. The van der Waals surface area contributed by atoms with Gasteiger partial charge in [0.1, 0.15) is 0 Å². The van der Waals surface area contributed by atoms with Crippen molar-refractivity contribution < 1.29 is 0 Å². The van der Waals surface area contributed by atoms with Gasteiger partial charge in [-0.2, -0.15) is 5.10 Å². The topological polar surface area (TPSA) is 67.6 Å². The Balaban J connectivity index is 1.93. The lowest BCUT2D eigenvalue weighted by Crippen LogP contribution is -2.30. The van der Waals surface area contributed by atoms with Crippen LogP contribution < -0.4 is 5.73 Å². The fourth-order valence-electron chi connectivity index (χ4n) is 3.21. The van der Waals surface area contributed by atoms with Gasteiger partial charge in [-0.05, 0) is 17.2 Å². The quantitative estimate of drug-likeness (QED) is 0.762. The maximum atomic E-state index is 5.92. The molecule has 4 rings (SSSR count). The molecular weight excluding hydrogens is 272 g/mol. The fraction of sp³-hybridized carbons (Fsp3) is 0.111. The second-order valence-corrected chi connectivity index (χ2v) is 5.59. The van der Waals surface area contributed by atoms with E-state index in [9.17, 15) is 0 Å². The van der Waals surface area contributed by atoms with E-state index < -0.39 is 0 Å². The van der Waals surface area contributed by atoms with E-state index in [-0.39, 0.29) is 5.41 Å². The van der Waals surface area contributed by atoms with Crippen molar-refractivity contribution in [1.29, 1.82) is 0 Å². The summed E-state index contributed by atoms with van der Waals surface area (Å²) >= 11 is 0. The minimum Gasteiger partial charge on any atom is -0.382 e. The molecule has 0 bridgehead atoms. The zero-order valence-corrected chi connectivity index (χ0v) is 12.0. The predicted octanol–water partition coefficient (Wildman–Crippen LogP) is 2.94. The van der Waals surface area contributed by atoms with Crippen molar-refractivity contribution in [2.45, 2.75) is 11.8 Å². The molecule has 2 heterocycles. The van der Waals surface area contributed by atoms with Gasteiger partial charge < -0.3 is 5.73 Å². The standard InChI is InChI=1S/C18H16N4/c19-17-15-8-9-18(11-16(15)21-22-17,13-5-2-1-3-6-13)14-7-4-10-20-12-14/h1-10,12H,11H2,(H3,19,21,22). The molecule has 1 aliphatic carbocycles. The molecule has 0 amide bonds. The van der Waals surface area contributed by atoms with Gasteiger partial charge in [-0.3, -0.25) is 10.1 Å². The van der Waals surface area contributed by atoms with E-state index in [0.29, 0.717) is 5.82 Å². The molecule has 0 fully saturated rings. The van der Waals surface area contributed by atoms with Crippen LogP contribution in [0.5, 0.6) is 0 Å². The summed E-state index contributed by atoms with van der Waals surface area (Å²) < 4.78 is 0. The number of benzene rings is 1. The zero-order chi connectivity index (χ0) is 15.0. The molecular formula is C18H16N4. The first-order chi connectivity index (χ1) is 10.8. The first-order valence-corrected chi connectivity index (χ1v) is 7.27. The van der Waals surface area contributed by atoms with Crippen LogP contribution in [0.15, 0.2) is 60.9 Å². The third kappa shape index (κ3) is 1.84. The zero-order valence-electron chi connectivity index (χ0n) is 12.0. The van der Waals surface area contributed by atoms with Gasteiger partial charge in [0.2, 0.25) is 0 Å². The summed E-state index contributed by atoms with van der Waals surface area (Å²) in [4.78, 5) is 4.31. The van der Waals surface area contributed by atoms with E-state index in [4.69, 9.17) is 5.73 Å². The summed E-state index contributed by atoms with van der Waals surface area (Å²) in [5.41, 5.74) is 10.1. The third-order valence-electron chi connectivity index (χ3n) is 4.37.